The van der Waals surface area contributed by atoms with Gasteiger partial charge in [0.25, 0.3) is 0 Å². The molecule has 1 heterocycles. The van der Waals surface area contributed by atoms with E-state index in [1.807, 2.05) is 0 Å². The molecule has 1 atom stereocenters. The molecule has 1 rings (SSSR count). The van der Waals surface area contributed by atoms with Crippen molar-refractivity contribution in [1.82, 2.24) is 5.32 Å². The lowest BCUT2D eigenvalue weighted by atomic mass is 10.1. The molecular weight excluding hydrogens is 186 g/mol. The van der Waals surface area contributed by atoms with Crippen molar-refractivity contribution in [2.75, 3.05) is 19.7 Å². The van der Waals surface area contributed by atoms with E-state index in [0.717, 1.165) is 32.0 Å². The Kier molecular flexibility index (Phi) is 5.96. The molecule has 0 aromatic rings. The normalized spacial score (nSPS) is 22.7. The Labute approximate surface area is 94.1 Å². The van der Waals surface area contributed by atoms with Gasteiger partial charge in [0.15, 0.2) is 0 Å². The van der Waals surface area contributed by atoms with Gasteiger partial charge in [0.2, 0.25) is 0 Å². The van der Waals surface area contributed by atoms with E-state index in [1.54, 1.807) is 0 Å². The summed E-state index contributed by atoms with van der Waals surface area (Å²) in [4.78, 5) is 0. The first-order chi connectivity index (χ1) is 7.22. The molecule has 0 aromatic carbocycles. The molecule has 0 aromatic heterocycles. The van der Waals surface area contributed by atoms with Crippen molar-refractivity contribution in [3.8, 4) is 0 Å². The quantitative estimate of drug-likeness (QED) is 0.682. The molecule has 0 radical (unpaired) electrons. The van der Waals surface area contributed by atoms with E-state index in [-0.39, 0.29) is 0 Å². The molecule has 2 nitrogen and oxygen atoms in total. The molecule has 1 aliphatic rings. The van der Waals surface area contributed by atoms with Crippen LogP contribution >= 0.6 is 0 Å². The van der Waals surface area contributed by atoms with Crippen molar-refractivity contribution in [3.05, 3.63) is 11.6 Å². The maximum Gasteiger partial charge on any atom is 0.0759 e. The van der Waals surface area contributed by atoms with Crippen LogP contribution in [-0.2, 0) is 4.74 Å². The SMILES string of the molecule is CC/C(=C/C1CCCO1)CNCC(C)C. The highest BCUT2D eigenvalue weighted by atomic mass is 16.5. The Bertz CT molecular complexity index is 193. The third-order valence-electron chi connectivity index (χ3n) is 2.75. The highest BCUT2D eigenvalue weighted by molar-refractivity contribution is 5.07. The van der Waals surface area contributed by atoms with E-state index in [9.17, 15) is 0 Å². The number of hydrogen-bond acceptors (Lipinski definition) is 2. The Balaban J connectivity index is 2.27. The van der Waals surface area contributed by atoms with Gasteiger partial charge in [0, 0.05) is 13.2 Å². The monoisotopic (exact) mass is 211 g/mol. The molecule has 1 saturated heterocycles. The summed E-state index contributed by atoms with van der Waals surface area (Å²) in [5.41, 5.74) is 1.49. The van der Waals surface area contributed by atoms with Gasteiger partial charge >= 0.3 is 0 Å². The second-order valence-corrected chi connectivity index (χ2v) is 4.75. The van der Waals surface area contributed by atoms with Crippen LogP contribution in [0.5, 0.6) is 0 Å². The summed E-state index contributed by atoms with van der Waals surface area (Å²) in [5.74, 6) is 0.728. The smallest absolute Gasteiger partial charge is 0.0759 e. The first-order valence-corrected chi connectivity index (χ1v) is 6.24. The van der Waals surface area contributed by atoms with E-state index in [0.29, 0.717) is 6.10 Å². The standard InChI is InChI=1S/C13H25NO/c1-4-12(10-14-9-11(2)3)8-13-6-5-7-15-13/h8,11,13-14H,4-7,9-10H2,1-3H3/b12-8-. The summed E-state index contributed by atoms with van der Waals surface area (Å²) in [6, 6.07) is 0. The maximum absolute atomic E-state index is 5.61. The maximum atomic E-state index is 5.61. The first kappa shape index (κ1) is 12.7. The van der Waals surface area contributed by atoms with Gasteiger partial charge in [-0.05, 0) is 31.7 Å². The molecule has 0 saturated carbocycles. The Morgan fingerprint density at radius 2 is 2.33 bits per heavy atom. The summed E-state index contributed by atoms with van der Waals surface area (Å²) in [5, 5.41) is 3.49. The van der Waals surface area contributed by atoms with Crippen molar-refractivity contribution in [1.29, 1.82) is 0 Å². The summed E-state index contributed by atoms with van der Waals surface area (Å²) in [6.07, 6.45) is 6.26. The number of hydrogen-bond donors (Lipinski definition) is 1. The molecule has 1 fully saturated rings. The third kappa shape index (κ3) is 5.33. The molecule has 0 spiro atoms. The van der Waals surface area contributed by atoms with Crippen molar-refractivity contribution >= 4 is 0 Å². The molecule has 2 heteroatoms. The Hall–Kier alpha value is -0.340. The fraction of sp³-hybridized carbons (Fsp3) is 0.846. The molecule has 15 heavy (non-hydrogen) atoms. The van der Waals surface area contributed by atoms with Gasteiger partial charge in [0.1, 0.15) is 0 Å². The fourth-order valence-electron chi connectivity index (χ4n) is 1.82. The zero-order chi connectivity index (χ0) is 11.1. The topological polar surface area (TPSA) is 21.3 Å². The second kappa shape index (κ2) is 7.02. The van der Waals surface area contributed by atoms with Crippen LogP contribution in [0.25, 0.3) is 0 Å². The zero-order valence-electron chi connectivity index (χ0n) is 10.4. The highest BCUT2D eigenvalue weighted by Crippen LogP contribution is 2.15. The van der Waals surface area contributed by atoms with Crippen molar-refractivity contribution in [3.63, 3.8) is 0 Å². The van der Waals surface area contributed by atoms with Crippen molar-refractivity contribution in [2.45, 2.75) is 46.1 Å². The van der Waals surface area contributed by atoms with E-state index in [2.05, 4.69) is 32.2 Å². The number of nitrogens with one attached hydrogen (secondary N) is 1. The van der Waals surface area contributed by atoms with Crippen LogP contribution in [0.15, 0.2) is 11.6 Å². The van der Waals surface area contributed by atoms with Gasteiger partial charge in [-0.2, -0.15) is 0 Å². The van der Waals surface area contributed by atoms with E-state index < -0.39 is 0 Å². The summed E-state index contributed by atoms with van der Waals surface area (Å²) >= 11 is 0. The predicted molar refractivity (Wildman–Crippen MR) is 65.1 cm³/mol. The number of ether oxygens (including phenoxy) is 1. The molecule has 1 aliphatic heterocycles. The fourth-order valence-corrected chi connectivity index (χ4v) is 1.82. The molecule has 1 unspecified atom stereocenters. The predicted octanol–water partition coefficient (Wildman–Crippen LogP) is 2.75. The van der Waals surface area contributed by atoms with Crippen LogP contribution in [-0.4, -0.2) is 25.8 Å². The molecule has 0 amide bonds. The van der Waals surface area contributed by atoms with Gasteiger partial charge in [-0.1, -0.05) is 32.4 Å². The van der Waals surface area contributed by atoms with Crippen LogP contribution in [0, 0.1) is 5.92 Å². The lowest BCUT2D eigenvalue weighted by Gasteiger charge is -2.11. The largest absolute Gasteiger partial charge is 0.374 e. The molecular formula is C13H25NO. The molecule has 1 N–H and O–H groups in total. The van der Waals surface area contributed by atoms with Gasteiger partial charge < -0.3 is 10.1 Å². The van der Waals surface area contributed by atoms with E-state index >= 15 is 0 Å². The van der Waals surface area contributed by atoms with Crippen LogP contribution in [0.3, 0.4) is 0 Å². The second-order valence-electron chi connectivity index (χ2n) is 4.75. The lowest BCUT2D eigenvalue weighted by molar-refractivity contribution is 0.145. The summed E-state index contributed by atoms with van der Waals surface area (Å²) in [7, 11) is 0. The molecule has 0 bridgehead atoms. The minimum atomic E-state index is 0.390. The Morgan fingerprint density at radius 3 is 2.87 bits per heavy atom. The summed E-state index contributed by atoms with van der Waals surface area (Å²) < 4.78 is 5.61. The van der Waals surface area contributed by atoms with Crippen LogP contribution in [0.4, 0.5) is 0 Å². The van der Waals surface area contributed by atoms with Gasteiger partial charge in [-0.15, -0.1) is 0 Å². The average molecular weight is 211 g/mol. The molecule has 0 aliphatic carbocycles. The zero-order valence-corrected chi connectivity index (χ0v) is 10.4. The van der Waals surface area contributed by atoms with Crippen LogP contribution < -0.4 is 5.32 Å². The molecule has 88 valence electrons. The third-order valence-corrected chi connectivity index (χ3v) is 2.75. The lowest BCUT2D eigenvalue weighted by Crippen LogP contribution is -2.22. The van der Waals surface area contributed by atoms with Crippen LogP contribution in [0.2, 0.25) is 0 Å². The van der Waals surface area contributed by atoms with E-state index in [4.69, 9.17) is 4.74 Å². The van der Waals surface area contributed by atoms with Gasteiger partial charge in [-0.3, -0.25) is 0 Å². The average Bonchev–Trinajstić information content (AvgIpc) is 2.68. The minimum absolute atomic E-state index is 0.390. The van der Waals surface area contributed by atoms with Gasteiger partial charge in [-0.25, -0.2) is 0 Å². The van der Waals surface area contributed by atoms with Crippen molar-refractivity contribution < 1.29 is 4.74 Å². The van der Waals surface area contributed by atoms with Gasteiger partial charge in [0.05, 0.1) is 6.10 Å². The highest BCUT2D eigenvalue weighted by Gasteiger charge is 2.13. The number of rotatable bonds is 6. The minimum Gasteiger partial charge on any atom is -0.374 e. The summed E-state index contributed by atoms with van der Waals surface area (Å²) in [6.45, 7) is 9.76. The first-order valence-electron chi connectivity index (χ1n) is 6.24. The van der Waals surface area contributed by atoms with Crippen LogP contribution in [0.1, 0.15) is 40.0 Å². The Morgan fingerprint density at radius 1 is 1.53 bits per heavy atom. The van der Waals surface area contributed by atoms with E-state index in [1.165, 1.54) is 18.4 Å². The van der Waals surface area contributed by atoms with Crippen molar-refractivity contribution in [2.24, 2.45) is 5.92 Å².